The minimum atomic E-state index is -0.260. The molecule has 2 rings (SSSR count). The van der Waals surface area contributed by atoms with Crippen LogP contribution in [0.4, 0.5) is 9.93 Å². The van der Waals surface area contributed by atoms with Crippen molar-refractivity contribution in [2.45, 2.75) is 38.6 Å². The van der Waals surface area contributed by atoms with Crippen LogP contribution < -0.4 is 16.0 Å². The zero-order valence-electron chi connectivity index (χ0n) is 11.6. The summed E-state index contributed by atoms with van der Waals surface area (Å²) in [5, 5.41) is 17.2. The first-order chi connectivity index (χ1) is 9.58. The molecule has 1 aromatic heterocycles. The van der Waals surface area contributed by atoms with E-state index in [-0.39, 0.29) is 23.9 Å². The Morgan fingerprint density at radius 3 is 2.45 bits per heavy atom. The van der Waals surface area contributed by atoms with Crippen LogP contribution >= 0.6 is 11.3 Å². The van der Waals surface area contributed by atoms with Crippen molar-refractivity contribution >= 4 is 28.4 Å². The third-order valence-corrected chi connectivity index (χ3v) is 4.18. The molecule has 7 nitrogen and oxygen atoms in total. The summed E-state index contributed by atoms with van der Waals surface area (Å²) in [6.45, 7) is 1.83. The lowest BCUT2D eigenvalue weighted by Crippen LogP contribution is -2.42. The molecule has 1 fully saturated rings. The van der Waals surface area contributed by atoms with E-state index in [1.165, 1.54) is 11.3 Å². The molecule has 0 radical (unpaired) electrons. The van der Waals surface area contributed by atoms with Gasteiger partial charge in [-0.15, -0.1) is 10.2 Å². The number of aryl methyl sites for hydroxylation is 1. The van der Waals surface area contributed by atoms with Crippen molar-refractivity contribution in [3.8, 4) is 0 Å². The molecule has 0 atom stereocenters. The Hall–Kier alpha value is -1.70. The SMILES string of the molecule is CNC(=O)C1CCC(NC(=O)Nc2nnc(C)s2)CC1. The quantitative estimate of drug-likeness (QED) is 0.783. The average molecular weight is 297 g/mol. The fourth-order valence-corrected chi connectivity index (χ4v) is 2.96. The highest BCUT2D eigenvalue weighted by molar-refractivity contribution is 7.15. The lowest BCUT2D eigenvalue weighted by molar-refractivity contribution is -0.125. The molecule has 110 valence electrons. The van der Waals surface area contributed by atoms with Gasteiger partial charge in [-0.05, 0) is 32.6 Å². The van der Waals surface area contributed by atoms with Gasteiger partial charge in [0.2, 0.25) is 11.0 Å². The fraction of sp³-hybridized carbons (Fsp3) is 0.667. The lowest BCUT2D eigenvalue weighted by Gasteiger charge is -2.27. The summed E-state index contributed by atoms with van der Waals surface area (Å²) in [6, 6.07) is -0.144. The van der Waals surface area contributed by atoms with Crippen molar-refractivity contribution in [2.75, 3.05) is 12.4 Å². The number of hydrogen-bond acceptors (Lipinski definition) is 5. The Balaban J connectivity index is 1.75. The predicted molar refractivity (Wildman–Crippen MR) is 76.6 cm³/mol. The number of aromatic nitrogens is 2. The summed E-state index contributed by atoms with van der Waals surface area (Å²) in [4.78, 5) is 23.3. The maximum absolute atomic E-state index is 11.8. The molecule has 0 aromatic carbocycles. The second-order valence-electron chi connectivity index (χ2n) is 4.89. The van der Waals surface area contributed by atoms with Crippen molar-refractivity contribution in [1.82, 2.24) is 20.8 Å². The smallest absolute Gasteiger partial charge is 0.321 e. The number of hydrogen-bond donors (Lipinski definition) is 3. The van der Waals surface area contributed by atoms with Gasteiger partial charge in [0, 0.05) is 19.0 Å². The molecule has 0 spiro atoms. The summed E-state index contributed by atoms with van der Waals surface area (Å²) in [7, 11) is 1.66. The molecular weight excluding hydrogens is 278 g/mol. The van der Waals surface area contributed by atoms with Crippen LogP contribution in [0.15, 0.2) is 0 Å². The summed E-state index contributed by atoms with van der Waals surface area (Å²) in [5.41, 5.74) is 0. The topological polar surface area (TPSA) is 96.0 Å². The van der Waals surface area contributed by atoms with Gasteiger partial charge in [0.15, 0.2) is 0 Å². The number of carbonyl (C=O) groups is 2. The van der Waals surface area contributed by atoms with Gasteiger partial charge < -0.3 is 10.6 Å². The van der Waals surface area contributed by atoms with E-state index in [0.717, 1.165) is 30.7 Å². The van der Waals surface area contributed by atoms with Crippen LogP contribution in [0.5, 0.6) is 0 Å². The van der Waals surface area contributed by atoms with Crippen molar-refractivity contribution in [2.24, 2.45) is 5.92 Å². The van der Waals surface area contributed by atoms with Gasteiger partial charge in [0.05, 0.1) is 0 Å². The Bertz CT molecular complexity index is 482. The minimum Gasteiger partial charge on any atom is -0.359 e. The first-order valence-corrected chi connectivity index (χ1v) is 7.49. The third kappa shape index (κ3) is 3.89. The molecule has 8 heteroatoms. The van der Waals surface area contributed by atoms with E-state index in [1.54, 1.807) is 7.05 Å². The first-order valence-electron chi connectivity index (χ1n) is 6.67. The average Bonchev–Trinajstić information content (AvgIpc) is 2.84. The highest BCUT2D eigenvalue weighted by Crippen LogP contribution is 2.24. The monoisotopic (exact) mass is 297 g/mol. The second kappa shape index (κ2) is 6.65. The lowest BCUT2D eigenvalue weighted by atomic mass is 9.85. The van der Waals surface area contributed by atoms with Crippen LogP contribution in [-0.2, 0) is 4.79 Å². The van der Waals surface area contributed by atoms with Crippen LogP contribution in [0.1, 0.15) is 30.7 Å². The zero-order valence-corrected chi connectivity index (χ0v) is 12.4. The summed E-state index contributed by atoms with van der Waals surface area (Å²) < 4.78 is 0. The van der Waals surface area contributed by atoms with E-state index in [0.29, 0.717) is 5.13 Å². The Labute approximate surface area is 121 Å². The Morgan fingerprint density at radius 1 is 1.20 bits per heavy atom. The van der Waals surface area contributed by atoms with Crippen LogP contribution in [0, 0.1) is 12.8 Å². The summed E-state index contributed by atoms with van der Waals surface area (Å²) in [6.07, 6.45) is 3.26. The molecular formula is C12H19N5O2S. The van der Waals surface area contributed by atoms with Gasteiger partial charge in [-0.25, -0.2) is 4.79 Å². The molecule has 0 aliphatic heterocycles. The van der Waals surface area contributed by atoms with Crippen molar-refractivity contribution in [3.63, 3.8) is 0 Å². The molecule has 1 aromatic rings. The van der Waals surface area contributed by atoms with Gasteiger partial charge in [-0.2, -0.15) is 0 Å². The highest BCUT2D eigenvalue weighted by Gasteiger charge is 2.26. The summed E-state index contributed by atoms with van der Waals surface area (Å²) in [5.74, 6) is 0.171. The Morgan fingerprint density at radius 2 is 1.90 bits per heavy atom. The highest BCUT2D eigenvalue weighted by atomic mass is 32.1. The minimum absolute atomic E-state index is 0.0759. The van der Waals surface area contributed by atoms with Crippen LogP contribution in [0.25, 0.3) is 0 Å². The number of nitrogens with zero attached hydrogens (tertiary/aromatic N) is 2. The van der Waals surface area contributed by atoms with Gasteiger partial charge in [-0.3, -0.25) is 10.1 Å². The van der Waals surface area contributed by atoms with Gasteiger partial charge in [0.25, 0.3) is 0 Å². The molecule has 1 aliphatic carbocycles. The van der Waals surface area contributed by atoms with Crippen molar-refractivity contribution in [1.29, 1.82) is 0 Å². The third-order valence-electron chi connectivity index (χ3n) is 3.43. The maximum atomic E-state index is 11.8. The molecule has 0 bridgehead atoms. The normalized spacial score (nSPS) is 22.1. The van der Waals surface area contributed by atoms with Gasteiger partial charge in [0.1, 0.15) is 5.01 Å². The van der Waals surface area contributed by atoms with E-state index < -0.39 is 0 Å². The zero-order chi connectivity index (χ0) is 14.5. The number of amides is 3. The number of carbonyl (C=O) groups excluding carboxylic acids is 2. The number of urea groups is 1. The van der Waals surface area contributed by atoms with Crippen LogP contribution in [0.3, 0.4) is 0 Å². The number of anilines is 1. The van der Waals surface area contributed by atoms with E-state index in [4.69, 9.17) is 0 Å². The van der Waals surface area contributed by atoms with E-state index in [9.17, 15) is 9.59 Å². The second-order valence-corrected chi connectivity index (χ2v) is 6.07. The first kappa shape index (κ1) is 14.7. The largest absolute Gasteiger partial charge is 0.359 e. The predicted octanol–water partition coefficient (Wildman–Crippen LogP) is 1.27. The van der Waals surface area contributed by atoms with E-state index >= 15 is 0 Å². The molecule has 1 aliphatic rings. The van der Waals surface area contributed by atoms with Crippen LogP contribution in [0.2, 0.25) is 0 Å². The number of nitrogens with one attached hydrogen (secondary N) is 3. The molecule has 1 heterocycles. The van der Waals surface area contributed by atoms with E-state index in [2.05, 4.69) is 26.1 Å². The van der Waals surface area contributed by atoms with Crippen molar-refractivity contribution < 1.29 is 9.59 Å². The van der Waals surface area contributed by atoms with Crippen LogP contribution in [-0.4, -0.2) is 35.2 Å². The molecule has 0 saturated heterocycles. The van der Waals surface area contributed by atoms with Crippen molar-refractivity contribution in [3.05, 3.63) is 5.01 Å². The molecule has 20 heavy (non-hydrogen) atoms. The van der Waals surface area contributed by atoms with E-state index in [1.807, 2.05) is 6.92 Å². The summed E-state index contributed by atoms with van der Waals surface area (Å²) >= 11 is 1.34. The van der Waals surface area contributed by atoms with Gasteiger partial charge >= 0.3 is 6.03 Å². The Kier molecular flexibility index (Phi) is 4.89. The molecule has 3 amide bonds. The number of rotatable bonds is 3. The standard InChI is InChI=1S/C12H19N5O2S/c1-7-16-17-12(20-7)15-11(19)14-9-5-3-8(4-6-9)10(18)13-2/h8-9H,3-6H2,1-2H3,(H,13,18)(H2,14,15,17,19). The molecule has 3 N–H and O–H groups in total. The van der Waals surface area contributed by atoms with Gasteiger partial charge in [-0.1, -0.05) is 11.3 Å². The maximum Gasteiger partial charge on any atom is 0.321 e. The fourth-order valence-electron chi connectivity index (χ4n) is 2.37. The molecule has 0 unspecified atom stereocenters. The molecule has 1 saturated carbocycles.